The summed E-state index contributed by atoms with van der Waals surface area (Å²) in [6, 6.07) is 0.0224. The maximum absolute atomic E-state index is 13.5. The van der Waals surface area contributed by atoms with E-state index in [1.807, 2.05) is 4.90 Å². The van der Waals surface area contributed by atoms with Crippen molar-refractivity contribution in [2.45, 2.75) is 38.4 Å². The molecule has 0 unspecified atom stereocenters. The van der Waals surface area contributed by atoms with Crippen molar-refractivity contribution in [3.8, 4) is 0 Å². The summed E-state index contributed by atoms with van der Waals surface area (Å²) in [5.41, 5.74) is -1.15. The molecule has 2 aliphatic heterocycles. The Morgan fingerprint density at radius 1 is 1.33 bits per heavy atom. The Balaban J connectivity index is 1.77. The summed E-state index contributed by atoms with van der Waals surface area (Å²) < 4.78 is 13.5. The number of amides is 1. The molecule has 0 aliphatic carbocycles. The normalized spacial score (nSPS) is 26.6. The van der Waals surface area contributed by atoms with E-state index in [9.17, 15) is 9.18 Å². The van der Waals surface area contributed by atoms with Gasteiger partial charge in [0.1, 0.15) is 5.67 Å². The summed E-state index contributed by atoms with van der Waals surface area (Å²) in [6.07, 6.45) is 2.04. The Bertz CT molecular complexity index is 289. The van der Waals surface area contributed by atoms with Crippen LogP contribution in [-0.2, 0) is 4.79 Å². The molecule has 1 atom stereocenters. The number of piperazine rings is 1. The van der Waals surface area contributed by atoms with Gasteiger partial charge in [-0.2, -0.15) is 0 Å². The summed E-state index contributed by atoms with van der Waals surface area (Å²) in [7, 11) is 0. The number of carbonyl (C=O) groups is 1. The highest BCUT2D eigenvalue weighted by atomic mass is 19.1. The lowest BCUT2D eigenvalue weighted by atomic mass is 10.1. The van der Waals surface area contributed by atoms with E-state index in [0.717, 1.165) is 45.6 Å². The molecule has 1 amide bonds. The number of hydrogen-bond donors (Lipinski definition) is 1. The largest absolute Gasteiger partial charge is 0.339 e. The molecule has 0 saturated carbocycles. The number of nitrogens with zero attached hydrogens (tertiary/aromatic N) is 2. The average Bonchev–Trinajstić information content (AvgIpc) is 2.80. The van der Waals surface area contributed by atoms with Crippen molar-refractivity contribution in [1.82, 2.24) is 15.1 Å². The molecule has 2 saturated heterocycles. The molecule has 0 radical (unpaired) electrons. The van der Waals surface area contributed by atoms with E-state index in [0.29, 0.717) is 6.54 Å². The van der Waals surface area contributed by atoms with Crippen LogP contribution in [0, 0.1) is 0 Å². The van der Waals surface area contributed by atoms with Crippen LogP contribution < -0.4 is 5.32 Å². The molecule has 0 aromatic rings. The standard InChI is InChI=1S/C13H24FN3O/c1-13(2,14)10-16-6-8-17(9-7-16)12(18)11-4-3-5-15-11/h11,15H,3-10H2,1-2H3/t11-/m0/s1. The third-order valence-electron chi connectivity index (χ3n) is 3.64. The molecule has 2 aliphatic rings. The summed E-state index contributed by atoms with van der Waals surface area (Å²) in [6.45, 7) is 7.64. The Morgan fingerprint density at radius 2 is 2.00 bits per heavy atom. The first-order valence-electron chi connectivity index (χ1n) is 6.89. The number of alkyl halides is 1. The zero-order valence-electron chi connectivity index (χ0n) is 11.4. The number of halogens is 1. The lowest BCUT2D eigenvalue weighted by molar-refractivity contribution is -0.135. The van der Waals surface area contributed by atoms with Crippen molar-refractivity contribution in [2.75, 3.05) is 39.3 Å². The molecule has 18 heavy (non-hydrogen) atoms. The van der Waals surface area contributed by atoms with Crippen LogP contribution >= 0.6 is 0 Å². The molecular weight excluding hydrogens is 233 g/mol. The van der Waals surface area contributed by atoms with Crippen LogP contribution in [0.4, 0.5) is 4.39 Å². The topological polar surface area (TPSA) is 35.6 Å². The third-order valence-corrected chi connectivity index (χ3v) is 3.64. The van der Waals surface area contributed by atoms with E-state index in [4.69, 9.17) is 0 Å². The van der Waals surface area contributed by atoms with Crippen molar-refractivity contribution in [3.63, 3.8) is 0 Å². The van der Waals surface area contributed by atoms with Crippen molar-refractivity contribution in [1.29, 1.82) is 0 Å². The summed E-state index contributed by atoms with van der Waals surface area (Å²) in [5, 5.41) is 3.24. The molecular formula is C13H24FN3O. The molecule has 2 rings (SSSR count). The van der Waals surface area contributed by atoms with E-state index in [1.54, 1.807) is 13.8 Å². The molecule has 0 aromatic heterocycles. The first-order chi connectivity index (χ1) is 8.46. The molecule has 5 heteroatoms. The number of hydrogen-bond acceptors (Lipinski definition) is 3. The minimum Gasteiger partial charge on any atom is -0.339 e. The molecule has 104 valence electrons. The molecule has 2 heterocycles. The second-order valence-electron chi connectivity index (χ2n) is 5.97. The van der Waals surface area contributed by atoms with Crippen LogP contribution in [0.5, 0.6) is 0 Å². The van der Waals surface area contributed by atoms with Gasteiger partial charge in [-0.1, -0.05) is 0 Å². The van der Waals surface area contributed by atoms with Gasteiger partial charge in [-0.3, -0.25) is 9.69 Å². The Labute approximate surface area is 109 Å². The molecule has 0 aromatic carbocycles. The molecule has 0 bridgehead atoms. The molecule has 4 nitrogen and oxygen atoms in total. The van der Waals surface area contributed by atoms with Crippen molar-refractivity contribution < 1.29 is 9.18 Å². The SMILES string of the molecule is CC(C)(F)CN1CCN(C(=O)[C@@H]2CCCN2)CC1. The second kappa shape index (κ2) is 5.53. The van der Waals surface area contributed by atoms with Crippen LogP contribution in [0.1, 0.15) is 26.7 Å². The van der Waals surface area contributed by atoms with Crippen molar-refractivity contribution in [2.24, 2.45) is 0 Å². The fraction of sp³-hybridized carbons (Fsp3) is 0.923. The van der Waals surface area contributed by atoms with Gasteiger partial charge in [0.05, 0.1) is 6.04 Å². The number of nitrogens with one attached hydrogen (secondary N) is 1. The first kappa shape index (κ1) is 13.7. The lowest BCUT2D eigenvalue weighted by Crippen LogP contribution is -2.54. The highest BCUT2D eigenvalue weighted by Crippen LogP contribution is 2.14. The van der Waals surface area contributed by atoms with Gasteiger partial charge in [0.25, 0.3) is 0 Å². The van der Waals surface area contributed by atoms with E-state index >= 15 is 0 Å². The van der Waals surface area contributed by atoms with E-state index < -0.39 is 5.67 Å². The van der Waals surface area contributed by atoms with Gasteiger partial charge in [0.2, 0.25) is 5.91 Å². The Hall–Kier alpha value is -0.680. The van der Waals surface area contributed by atoms with Gasteiger partial charge in [0.15, 0.2) is 0 Å². The van der Waals surface area contributed by atoms with E-state index in [1.165, 1.54) is 0 Å². The van der Waals surface area contributed by atoms with Crippen LogP contribution in [0.3, 0.4) is 0 Å². The predicted octanol–water partition coefficient (Wildman–Crippen LogP) is 0.631. The Kier molecular flexibility index (Phi) is 4.22. The predicted molar refractivity (Wildman–Crippen MR) is 69.2 cm³/mol. The van der Waals surface area contributed by atoms with Gasteiger partial charge in [-0.05, 0) is 33.2 Å². The van der Waals surface area contributed by atoms with Gasteiger partial charge < -0.3 is 10.2 Å². The zero-order valence-corrected chi connectivity index (χ0v) is 11.4. The van der Waals surface area contributed by atoms with E-state index in [2.05, 4.69) is 10.2 Å². The van der Waals surface area contributed by atoms with Crippen molar-refractivity contribution in [3.05, 3.63) is 0 Å². The first-order valence-corrected chi connectivity index (χ1v) is 6.89. The third kappa shape index (κ3) is 3.65. The maximum atomic E-state index is 13.5. The quantitative estimate of drug-likeness (QED) is 0.805. The molecule has 1 N–H and O–H groups in total. The summed E-state index contributed by atoms with van der Waals surface area (Å²) in [5.74, 6) is 0.228. The highest BCUT2D eigenvalue weighted by Gasteiger charge is 2.30. The van der Waals surface area contributed by atoms with Crippen LogP contribution in [0.2, 0.25) is 0 Å². The molecule has 0 spiro atoms. The van der Waals surface area contributed by atoms with Gasteiger partial charge >= 0.3 is 0 Å². The minimum atomic E-state index is -1.15. The van der Waals surface area contributed by atoms with Crippen LogP contribution in [-0.4, -0.2) is 66.7 Å². The zero-order chi connectivity index (χ0) is 13.2. The van der Waals surface area contributed by atoms with Gasteiger partial charge in [0, 0.05) is 32.7 Å². The van der Waals surface area contributed by atoms with Gasteiger partial charge in [-0.25, -0.2) is 4.39 Å². The Morgan fingerprint density at radius 3 is 2.50 bits per heavy atom. The second-order valence-corrected chi connectivity index (χ2v) is 5.97. The molecule has 2 fully saturated rings. The maximum Gasteiger partial charge on any atom is 0.239 e. The monoisotopic (exact) mass is 257 g/mol. The average molecular weight is 257 g/mol. The number of rotatable bonds is 3. The summed E-state index contributed by atoms with van der Waals surface area (Å²) >= 11 is 0. The minimum absolute atomic E-state index is 0.0224. The lowest BCUT2D eigenvalue weighted by Gasteiger charge is -2.37. The van der Waals surface area contributed by atoms with Crippen LogP contribution in [0.25, 0.3) is 0 Å². The smallest absolute Gasteiger partial charge is 0.239 e. The highest BCUT2D eigenvalue weighted by molar-refractivity contribution is 5.82. The van der Waals surface area contributed by atoms with E-state index in [-0.39, 0.29) is 11.9 Å². The fourth-order valence-electron chi connectivity index (χ4n) is 2.77. The summed E-state index contributed by atoms with van der Waals surface area (Å²) in [4.78, 5) is 16.2. The number of carbonyl (C=O) groups excluding carboxylic acids is 1. The fourth-order valence-corrected chi connectivity index (χ4v) is 2.77. The van der Waals surface area contributed by atoms with Crippen molar-refractivity contribution >= 4 is 5.91 Å². The van der Waals surface area contributed by atoms with Gasteiger partial charge in [-0.15, -0.1) is 0 Å². The van der Waals surface area contributed by atoms with Crippen LogP contribution in [0.15, 0.2) is 0 Å².